The standard InChI is InChI=1S/C43H55N3O5/c1-6-14-37(43(51)46-38(23-28(3)4)40(48)26-41(49)44-39(27-47)29(5)7-2)45-42(50)34(24-32-19-12-17-30-15-8-10-21-35(30)32)25-33-20-13-18-31-16-9-11-22-36(31)33/h6,8-13,15-22,28-29,34,37-40,47-48H,1,7,14,23-27H2,2-5H3,(H,44,49)(H,45,50)(H,46,51)/t29-,37?,38-,39+,40-/m0/s1. The van der Waals surface area contributed by atoms with Gasteiger partial charge in [-0.25, -0.2) is 0 Å². The Kier molecular flexibility index (Phi) is 14.8. The zero-order valence-electron chi connectivity index (χ0n) is 30.5. The van der Waals surface area contributed by atoms with Crippen LogP contribution in [0.4, 0.5) is 0 Å². The topological polar surface area (TPSA) is 128 Å². The minimum atomic E-state index is -1.17. The summed E-state index contributed by atoms with van der Waals surface area (Å²) in [6.07, 6.45) is 2.52. The van der Waals surface area contributed by atoms with Crippen molar-refractivity contribution in [3.8, 4) is 0 Å². The van der Waals surface area contributed by atoms with E-state index in [2.05, 4.69) is 71.1 Å². The minimum absolute atomic E-state index is 0.0654. The number of carbonyl (C=O) groups excluding carboxylic acids is 3. The summed E-state index contributed by atoms with van der Waals surface area (Å²) in [7, 11) is 0. The molecule has 4 rings (SSSR count). The van der Waals surface area contributed by atoms with Crippen LogP contribution in [-0.2, 0) is 27.2 Å². The fourth-order valence-electron chi connectivity index (χ4n) is 6.77. The molecule has 5 N–H and O–H groups in total. The first kappa shape index (κ1) is 39.3. The second-order valence-electron chi connectivity index (χ2n) is 14.2. The van der Waals surface area contributed by atoms with Gasteiger partial charge in [0.1, 0.15) is 6.04 Å². The van der Waals surface area contributed by atoms with E-state index < -0.39 is 42.0 Å². The van der Waals surface area contributed by atoms with Gasteiger partial charge in [0.2, 0.25) is 17.7 Å². The molecule has 1 unspecified atom stereocenters. The van der Waals surface area contributed by atoms with Crippen LogP contribution in [0.25, 0.3) is 21.5 Å². The van der Waals surface area contributed by atoms with Crippen molar-refractivity contribution in [2.45, 2.75) is 90.4 Å². The second-order valence-corrected chi connectivity index (χ2v) is 14.2. The Hall–Kier alpha value is -4.53. The van der Waals surface area contributed by atoms with Gasteiger partial charge in [0, 0.05) is 5.92 Å². The summed E-state index contributed by atoms with van der Waals surface area (Å²) in [5.74, 6) is -1.42. The maximum absolute atomic E-state index is 14.3. The first-order chi connectivity index (χ1) is 24.5. The summed E-state index contributed by atoms with van der Waals surface area (Å²) < 4.78 is 0. The largest absolute Gasteiger partial charge is 0.394 e. The van der Waals surface area contributed by atoms with Crippen LogP contribution >= 0.6 is 0 Å². The molecule has 4 aromatic carbocycles. The van der Waals surface area contributed by atoms with Gasteiger partial charge in [-0.2, -0.15) is 0 Å². The van der Waals surface area contributed by atoms with E-state index >= 15 is 0 Å². The molecule has 3 amide bonds. The Morgan fingerprint density at radius 2 is 1.29 bits per heavy atom. The summed E-state index contributed by atoms with van der Waals surface area (Å²) in [6, 6.07) is 26.4. The fourth-order valence-corrected chi connectivity index (χ4v) is 6.77. The first-order valence-corrected chi connectivity index (χ1v) is 18.3. The second kappa shape index (κ2) is 19.2. The number of hydrogen-bond donors (Lipinski definition) is 5. The highest BCUT2D eigenvalue weighted by molar-refractivity contribution is 5.91. The van der Waals surface area contributed by atoms with Crippen LogP contribution in [0.15, 0.2) is 97.6 Å². The van der Waals surface area contributed by atoms with E-state index in [9.17, 15) is 24.6 Å². The number of carbonyl (C=O) groups is 3. The van der Waals surface area contributed by atoms with Crippen LogP contribution in [0.5, 0.6) is 0 Å². The molecule has 0 fully saturated rings. The normalized spacial score (nSPS) is 14.5. The van der Waals surface area contributed by atoms with Gasteiger partial charge in [0.25, 0.3) is 0 Å². The van der Waals surface area contributed by atoms with Crippen molar-refractivity contribution < 1.29 is 24.6 Å². The molecule has 0 saturated carbocycles. The third-order valence-electron chi connectivity index (χ3n) is 9.88. The van der Waals surface area contributed by atoms with Crippen molar-refractivity contribution in [3.63, 3.8) is 0 Å². The van der Waals surface area contributed by atoms with Crippen molar-refractivity contribution in [1.29, 1.82) is 0 Å². The number of benzene rings is 4. The first-order valence-electron chi connectivity index (χ1n) is 18.3. The van der Waals surface area contributed by atoms with Gasteiger partial charge in [0.15, 0.2) is 0 Å². The van der Waals surface area contributed by atoms with Gasteiger partial charge in [-0.1, -0.05) is 125 Å². The molecule has 0 bridgehead atoms. The van der Waals surface area contributed by atoms with E-state index in [0.29, 0.717) is 19.3 Å². The van der Waals surface area contributed by atoms with Crippen molar-refractivity contribution >= 4 is 39.3 Å². The van der Waals surface area contributed by atoms with E-state index in [0.717, 1.165) is 39.1 Å². The molecule has 0 aliphatic carbocycles. The molecule has 0 aliphatic heterocycles. The SMILES string of the molecule is C=CCC(NC(=O)C(Cc1cccc2ccccc12)Cc1cccc2ccccc12)C(=O)N[C@@H](CC(C)C)[C@@H](O)CC(=O)N[C@H](CO)[C@@H](C)CC. The number of aliphatic hydroxyl groups is 2. The van der Waals surface area contributed by atoms with Gasteiger partial charge in [-0.3, -0.25) is 14.4 Å². The quantitative estimate of drug-likeness (QED) is 0.0742. The summed E-state index contributed by atoms with van der Waals surface area (Å²) in [5, 5.41) is 34.1. The molecule has 0 aromatic heterocycles. The summed E-state index contributed by atoms with van der Waals surface area (Å²) in [6.45, 7) is 11.5. The highest BCUT2D eigenvalue weighted by atomic mass is 16.3. The van der Waals surface area contributed by atoms with Crippen LogP contribution in [-0.4, -0.2) is 58.8 Å². The van der Waals surface area contributed by atoms with Gasteiger partial charge >= 0.3 is 0 Å². The average Bonchev–Trinajstić information content (AvgIpc) is 3.12. The molecular weight excluding hydrogens is 638 g/mol. The summed E-state index contributed by atoms with van der Waals surface area (Å²) >= 11 is 0. The molecule has 0 spiro atoms. The minimum Gasteiger partial charge on any atom is -0.394 e. The number of aliphatic hydroxyl groups excluding tert-OH is 2. The lowest BCUT2D eigenvalue weighted by molar-refractivity contribution is -0.132. The van der Waals surface area contributed by atoms with Crippen molar-refractivity contribution in [3.05, 3.63) is 109 Å². The molecule has 0 radical (unpaired) electrons. The Labute approximate surface area is 302 Å². The number of amides is 3. The van der Waals surface area contributed by atoms with Gasteiger partial charge in [-0.05, 0) is 70.2 Å². The monoisotopic (exact) mass is 693 g/mol. The molecule has 51 heavy (non-hydrogen) atoms. The van der Waals surface area contributed by atoms with Crippen LogP contribution in [0.2, 0.25) is 0 Å². The van der Waals surface area contributed by atoms with Crippen LogP contribution in [0.3, 0.4) is 0 Å². The molecular formula is C43H55N3O5. The molecule has 4 aromatic rings. The molecule has 0 aliphatic rings. The number of fused-ring (bicyclic) bond motifs is 2. The Bertz CT molecular complexity index is 1680. The molecule has 0 saturated heterocycles. The van der Waals surface area contributed by atoms with Crippen molar-refractivity contribution in [1.82, 2.24) is 16.0 Å². The third-order valence-corrected chi connectivity index (χ3v) is 9.88. The lowest BCUT2D eigenvalue weighted by Crippen LogP contribution is -2.54. The van der Waals surface area contributed by atoms with Crippen LogP contribution in [0, 0.1) is 17.8 Å². The van der Waals surface area contributed by atoms with E-state index in [-0.39, 0.29) is 37.2 Å². The summed E-state index contributed by atoms with van der Waals surface area (Å²) in [5.41, 5.74) is 2.10. The number of hydrogen-bond acceptors (Lipinski definition) is 5. The zero-order valence-corrected chi connectivity index (χ0v) is 30.5. The summed E-state index contributed by atoms with van der Waals surface area (Å²) in [4.78, 5) is 41.1. The van der Waals surface area contributed by atoms with Crippen LogP contribution in [0.1, 0.15) is 64.5 Å². The predicted molar refractivity (Wildman–Crippen MR) is 206 cm³/mol. The highest BCUT2D eigenvalue weighted by Crippen LogP contribution is 2.26. The highest BCUT2D eigenvalue weighted by Gasteiger charge is 2.31. The van der Waals surface area contributed by atoms with E-state index in [1.807, 2.05) is 64.1 Å². The Morgan fingerprint density at radius 3 is 1.80 bits per heavy atom. The fraction of sp³-hybridized carbons (Fsp3) is 0.419. The zero-order chi connectivity index (χ0) is 36.9. The Balaban J connectivity index is 1.56. The maximum atomic E-state index is 14.3. The lowest BCUT2D eigenvalue weighted by Gasteiger charge is -2.29. The van der Waals surface area contributed by atoms with E-state index in [1.54, 1.807) is 6.08 Å². The number of rotatable bonds is 19. The molecule has 8 heteroatoms. The third kappa shape index (κ3) is 11.0. The van der Waals surface area contributed by atoms with Gasteiger partial charge in [-0.15, -0.1) is 6.58 Å². The van der Waals surface area contributed by atoms with Crippen molar-refractivity contribution in [2.75, 3.05) is 6.61 Å². The molecule has 272 valence electrons. The Morgan fingerprint density at radius 1 is 0.745 bits per heavy atom. The van der Waals surface area contributed by atoms with Crippen LogP contribution < -0.4 is 16.0 Å². The molecule has 5 atom stereocenters. The maximum Gasteiger partial charge on any atom is 0.243 e. The predicted octanol–water partition coefficient (Wildman–Crippen LogP) is 6.26. The number of nitrogens with one attached hydrogen (secondary N) is 3. The van der Waals surface area contributed by atoms with E-state index in [4.69, 9.17) is 0 Å². The van der Waals surface area contributed by atoms with E-state index in [1.165, 1.54) is 0 Å². The molecule has 0 heterocycles. The molecule has 8 nitrogen and oxygen atoms in total. The van der Waals surface area contributed by atoms with Gasteiger partial charge in [0.05, 0.1) is 31.2 Å². The average molecular weight is 694 g/mol. The smallest absolute Gasteiger partial charge is 0.243 e. The lowest BCUT2D eigenvalue weighted by atomic mass is 9.87. The van der Waals surface area contributed by atoms with Gasteiger partial charge < -0.3 is 26.2 Å². The van der Waals surface area contributed by atoms with Crippen molar-refractivity contribution in [2.24, 2.45) is 17.8 Å².